The Morgan fingerprint density at radius 3 is 2.68 bits per heavy atom. The van der Waals surface area contributed by atoms with Gasteiger partial charge in [-0.3, -0.25) is 14.5 Å². The molecule has 0 aliphatic carbocycles. The third-order valence-corrected chi connectivity index (χ3v) is 6.20. The van der Waals surface area contributed by atoms with Gasteiger partial charge in [-0.05, 0) is 43.0 Å². The first kappa shape index (κ1) is 19.5. The number of piperidine rings is 1. The van der Waals surface area contributed by atoms with Gasteiger partial charge in [0.25, 0.3) is 11.5 Å². The molecule has 1 fully saturated rings. The molecule has 4 aromatic rings. The highest BCUT2D eigenvalue weighted by molar-refractivity contribution is 6.00. The molecule has 0 unspecified atom stereocenters. The van der Waals surface area contributed by atoms with Crippen LogP contribution in [0.3, 0.4) is 0 Å². The highest BCUT2D eigenvalue weighted by Gasteiger charge is 2.23. The van der Waals surface area contributed by atoms with Crippen LogP contribution in [0.1, 0.15) is 34.3 Å². The molecule has 0 bridgehead atoms. The van der Waals surface area contributed by atoms with Crippen LogP contribution < -0.4 is 10.9 Å². The number of aromatic amines is 1. The highest BCUT2D eigenvalue weighted by Crippen LogP contribution is 2.18. The van der Waals surface area contributed by atoms with E-state index in [0.717, 1.165) is 32.5 Å². The Hall–Kier alpha value is -3.45. The second-order valence-corrected chi connectivity index (χ2v) is 8.24. The van der Waals surface area contributed by atoms with Crippen molar-refractivity contribution in [1.82, 2.24) is 24.8 Å². The smallest absolute Gasteiger partial charge is 0.259 e. The monoisotopic (exact) mass is 415 g/mol. The molecule has 31 heavy (non-hydrogen) atoms. The van der Waals surface area contributed by atoms with E-state index in [9.17, 15) is 9.59 Å². The minimum absolute atomic E-state index is 0.114. The van der Waals surface area contributed by atoms with Gasteiger partial charge in [-0.15, -0.1) is 0 Å². The van der Waals surface area contributed by atoms with Crippen molar-refractivity contribution in [1.29, 1.82) is 0 Å². The number of aromatic nitrogens is 3. The van der Waals surface area contributed by atoms with Crippen molar-refractivity contribution in [2.24, 2.45) is 0 Å². The number of carbonyl (C=O) groups excluding carboxylic acids is 1. The van der Waals surface area contributed by atoms with Crippen LogP contribution >= 0.6 is 0 Å². The maximum atomic E-state index is 13.0. The molecule has 5 rings (SSSR count). The number of likely N-dealkylation sites (tertiary alicyclic amines) is 1. The molecular formula is C24H25N5O2. The van der Waals surface area contributed by atoms with E-state index in [1.807, 2.05) is 18.2 Å². The van der Waals surface area contributed by atoms with Crippen LogP contribution in [0, 0.1) is 6.92 Å². The Labute approximate surface area is 179 Å². The van der Waals surface area contributed by atoms with Crippen LogP contribution in [0.25, 0.3) is 16.6 Å². The summed E-state index contributed by atoms with van der Waals surface area (Å²) in [7, 11) is 0. The van der Waals surface area contributed by atoms with Crippen LogP contribution in [0.4, 0.5) is 0 Å². The van der Waals surface area contributed by atoms with Crippen molar-refractivity contribution in [2.45, 2.75) is 32.4 Å². The van der Waals surface area contributed by atoms with E-state index in [-0.39, 0.29) is 17.5 Å². The summed E-state index contributed by atoms with van der Waals surface area (Å²) in [4.78, 5) is 30.6. The summed E-state index contributed by atoms with van der Waals surface area (Å²) in [6.45, 7) is 4.97. The number of nitrogens with zero attached hydrogens (tertiary/aromatic N) is 3. The normalized spacial score (nSPS) is 15.5. The standard InChI is InChI=1S/C24H25N5O2/c1-16-6-2-3-7-17(16)15-28-12-10-18(11-13-28)26-24(31)20-14-25-29-21-9-5-4-8-19(21)23(30)27-22(20)29/h2-9,14,18H,10-13,15H2,1H3,(H,26,31)(H,27,30). The lowest BCUT2D eigenvalue weighted by Crippen LogP contribution is -2.44. The van der Waals surface area contributed by atoms with Gasteiger partial charge in [0.05, 0.1) is 17.1 Å². The summed E-state index contributed by atoms with van der Waals surface area (Å²) in [5.41, 5.74) is 3.95. The van der Waals surface area contributed by atoms with Gasteiger partial charge in [0.15, 0.2) is 0 Å². The molecule has 2 aromatic carbocycles. The zero-order chi connectivity index (χ0) is 21.4. The van der Waals surface area contributed by atoms with Gasteiger partial charge in [-0.1, -0.05) is 36.4 Å². The second kappa shape index (κ2) is 8.00. The molecule has 3 heterocycles. The molecule has 2 N–H and O–H groups in total. The number of amides is 1. The van der Waals surface area contributed by atoms with E-state index < -0.39 is 0 Å². The zero-order valence-electron chi connectivity index (χ0n) is 17.5. The van der Waals surface area contributed by atoms with Gasteiger partial charge in [0.2, 0.25) is 0 Å². The maximum absolute atomic E-state index is 13.0. The summed E-state index contributed by atoms with van der Waals surface area (Å²) in [5, 5.41) is 8.03. The molecule has 0 saturated carbocycles. The summed E-state index contributed by atoms with van der Waals surface area (Å²) >= 11 is 0. The number of nitrogens with one attached hydrogen (secondary N) is 2. The summed E-state index contributed by atoms with van der Waals surface area (Å²) in [5.74, 6) is -0.196. The molecule has 7 heteroatoms. The van der Waals surface area contributed by atoms with Gasteiger partial charge in [0, 0.05) is 25.7 Å². The predicted molar refractivity (Wildman–Crippen MR) is 120 cm³/mol. The third-order valence-electron chi connectivity index (χ3n) is 6.20. The van der Waals surface area contributed by atoms with Crippen molar-refractivity contribution in [3.8, 4) is 0 Å². The fraction of sp³-hybridized carbons (Fsp3) is 0.292. The third kappa shape index (κ3) is 3.72. The molecule has 0 atom stereocenters. The SMILES string of the molecule is Cc1ccccc1CN1CCC(NC(=O)c2cnn3c2[nH]c(=O)c2ccccc23)CC1. The minimum Gasteiger partial charge on any atom is -0.349 e. The second-order valence-electron chi connectivity index (χ2n) is 8.24. The van der Waals surface area contributed by atoms with Crippen molar-refractivity contribution in [3.05, 3.63) is 81.8 Å². The van der Waals surface area contributed by atoms with E-state index in [1.54, 1.807) is 10.6 Å². The van der Waals surface area contributed by atoms with Gasteiger partial charge in [-0.25, -0.2) is 4.52 Å². The van der Waals surface area contributed by atoms with Crippen LogP contribution in [0.2, 0.25) is 0 Å². The molecule has 1 saturated heterocycles. The molecule has 1 aliphatic rings. The fourth-order valence-electron chi connectivity index (χ4n) is 4.37. The van der Waals surface area contributed by atoms with Gasteiger partial charge in [-0.2, -0.15) is 5.10 Å². The number of fused-ring (bicyclic) bond motifs is 3. The molecule has 1 amide bonds. The Morgan fingerprint density at radius 1 is 1.13 bits per heavy atom. The van der Waals surface area contributed by atoms with E-state index in [4.69, 9.17) is 0 Å². The van der Waals surface area contributed by atoms with Crippen LogP contribution in [0.15, 0.2) is 59.5 Å². The summed E-state index contributed by atoms with van der Waals surface area (Å²) in [6.07, 6.45) is 3.33. The summed E-state index contributed by atoms with van der Waals surface area (Å²) < 4.78 is 1.62. The molecule has 2 aromatic heterocycles. The Morgan fingerprint density at radius 2 is 1.87 bits per heavy atom. The first-order valence-electron chi connectivity index (χ1n) is 10.7. The van der Waals surface area contributed by atoms with Crippen molar-refractivity contribution < 1.29 is 4.79 Å². The van der Waals surface area contributed by atoms with Crippen LogP contribution in [-0.4, -0.2) is 44.5 Å². The number of hydrogen-bond acceptors (Lipinski definition) is 4. The number of hydrogen-bond donors (Lipinski definition) is 2. The number of aryl methyl sites for hydroxylation is 1. The maximum Gasteiger partial charge on any atom is 0.259 e. The predicted octanol–water partition coefficient (Wildman–Crippen LogP) is 2.88. The average Bonchev–Trinajstić information content (AvgIpc) is 3.21. The summed E-state index contributed by atoms with van der Waals surface area (Å²) in [6, 6.07) is 15.8. The average molecular weight is 415 g/mol. The van der Waals surface area contributed by atoms with Gasteiger partial charge < -0.3 is 10.3 Å². The minimum atomic E-state index is -0.220. The van der Waals surface area contributed by atoms with Crippen LogP contribution in [0.5, 0.6) is 0 Å². The lowest BCUT2D eigenvalue weighted by atomic mass is 10.0. The lowest BCUT2D eigenvalue weighted by molar-refractivity contribution is 0.0910. The topological polar surface area (TPSA) is 82.5 Å². The fourth-order valence-corrected chi connectivity index (χ4v) is 4.37. The van der Waals surface area contributed by atoms with Crippen molar-refractivity contribution in [2.75, 3.05) is 13.1 Å². The highest BCUT2D eigenvalue weighted by atomic mass is 16.2. The molecule has 0 radical (unpaired) electrons. The van der Waals surface area contributed by atoms with Crippen molar-refractivity contribution >= 4 is 22.5 Å². The number of H-pyrrole nitrogens is 1. The van der Waals surface area contributed by atoms with Crippen molar-refractivity contribution in [3.63, 3.8) is 0 Å². The number of benzene rings is 2. The Kier molecular flexibility index (Phi) is 5.03. The molecule has 1 aliphatic heterocycles. The quantitative estimate of drug-likeness (QED) is 0.537. The Bertz CT molecular complexity index is 1310. The first-order chi connectivity index (χ1) is 15.1. The van der Waals surface area contributed by atoms with E-state index in [2.05, 4.69) is 51.5 Å². The number of rotatable bonds is 4. The van der Waals surface area contributed by atoms with Gasteiger partial charge in [0.1, 0.15) is 11.2 Å². The lowest BCUT2D eigenvalue weighted by Gasteiger charge is -2.32. The largest absolute Gasteiger partial charge is 0.349 e. The van der Waals surface area contributed by atoms with E-state index in [0.29, 0.717) is 22.1 Å². The van der Waals surface area contributed by atoms with E-state index in [1.165, 1.54) is 17.3 Å². The van der Waals surface area contributed by atoms with E-state index >= 15 is 0 Å². The molecule has 7 nitrogen and oxygen atoms in total. The Balaban J connectivity index is 1.28. The van der Waals surface area contributed by atoms with Gasteiger partial charge >= 0.3 is 0 Å². The molecule has 158 valence electrons. The molecule has 0 spiro atoms. The molecular weight excluding hydrogens is 390 g/mol. The van der Waals surface area contributed by atoms with Crippen LogP contribution in [-0.2, 0) is 6.54 Å². The first-order valence-corrected chi connectivity index (χ1v) is 10.7. The number of carbonyl (C=O) groups is 1. The number of para-hydroxylation sites is 1. The zero-order valence-corrected chi connectivity index (χ0v) is 17.5.